The molecule has 0 unspecified atom stereocenters. The first kappa shape index (κ1) is 20.4. The van der Waals surface area contributed by atoms with E-state index in [4.69, 9.17) is 14.2 Å². The van der Waals surface area contributed by atoms with Gasteiger partial charge in [-0.3, -0.25) is 4.68 Å². The second-order valence-corrected chi connectivity index (χ2v) is 5.94. The molecule has 0 saturated carbocycles. The highest BCUT2D eigenvalue weighted by atomic mass is 16.5. The van der Waals surface area contributed by atoms with Gasteiger partial charge < -0.3 is 24.8 Å². The lowest BCUT2D eigenvalue weighted by atomic mass is 10.2. The van der Waals surface area contributed by atoms with Crippen molar-refractivity contribution in [3.63, 3.8) is 0 Å². The van der Waals surface area contributed by atoms with E-state index in [-0.39, 0.29) is 0 Å². The summed E-state index contributed by atoms with van der Waals surface area (Å²) < 4.78 is 18.1. The Kier molecular flexibility index (Phi) is 7.79. The van der Waals surface area contributed by atoms with Gasteiger partial charge in [0.15, 0.2) is 17.5 Å². The molecule has 8 nitrogen and oxygen atoms in total. The van der Waals surface area contributed by atoms with Crippen LogP contribution >= 0.6 is 0 Å². The van der Waals surface area contributed by atoms with Crippen LogP contribution in [-0.2, 0) is 13.1 Å². The minimum Gasteiger partial charge on any atom is -0.493 e. The summed E-state index contributed by atoms with van der Waals surface area (Å²) in [6.45, 7) is 6.81. The number of nitrogens with one attached hydrogen (secondary N) is 2. The van der Waals surface area contributed by atoms with Gasteiger partial charge in [-0.25, -0.2) is 4.99 Å². The lowest BCUT2D eigenvalue weighted by molar-refractivity contribution is 0.324. The van der Waals surface area contributed by atoms with Crippen molar-refractivity contribution in [2.24, 2.45) is 4.99 Å². The Bertz CT molecular complexity index is 733. The van der Waals surface area contributed by atoms with Gasteiger partial charge in [0.2, 0.25) is 5.75 Å². The molecular formula is C19H29N5O3. The van der Waals surface area contributed by atoms with E-state index in [0.29, 0.717) is 23.8 Å². The summed E-state index contributed by atoms with van der Waals surface area (Å²) in [5.74, 6) is 2.56. The molecule has 2 aromatic rings. The third-order valence-electron chi connectivity index (χ3n) is 3.88. The van der Waals surface area contributed by atoms with Crippen molar-refractivity contribution in [3.05, 3.63) is 35.7 Å². The topological polar surface area (TPSA) is 81.9 Å². The number of guanidine groups is 1. The molecule has 1 heterocycles. The van der Waals surface area contributed by atoms with Crippen molar-refractivity contribution < 1.29 is 14.2 Å². The van der Waals surface area contributed by atoms with Crippen molar-refractivity contribution in [1.29, 1.82) is 0 Å². The number of ether oxygens (including phenoxy) is 3. The summed E-state index contributed by atoms with van der Waals surface area (Å²) in [5.41, 5.74) is 2.11. The average molecular weight is 375 g/mol. The molecule has 1 aromatic carbocycles. The highest BCUT2D eigenvalue weighted by Crippen LogP contribution is 2.38. The number of rotatable bonds is 9. The quantitative estimate of drug-likeness (QED) is 0.515. The van der Waals surface area contributed by atoms with Crippen LogP contribution in [0.3, 0.4) is 0 Å². The summed E-state index contributed by atoms with van der Waals surface area (Å²) in [5, 5.41) is 10.8. The SMILES string of the molecule is CCNC(=NCc1cc(OC)c(OC)c(OC)c1)NCCn1cc(C)cn1. The fraction of sp³-hybridized carbons (Fsp3) is 0.474. The van der Waals surface area contributed by atoms with Crippen molar-refractivity contribution in [2.75, 3.05) is 34.4 Å². The number of methoxy groups -OCH3 is 3. The van der Waals surface area contributed by atoms with Crippen LogP contribution in [0.15, 0.2) is 29.5 Å². The zero-order valence-electron chi connectivity index (χ0n) is 16.7. The van der Waals surface area contributed by atoms with Crippen LogP contribution in [-0.4, -0.2) is 50.2 Å². The molecule has 0 amide bonds. The molecule has 0 spiro atoms. The Labute approximate surface area is 160 Å². The van der Waals surface area contributed by atoms with Gasteiger partial charge in [-0.15, -0.1) is 0 Å². The number of aliphatic imine (C=N–C) groups is 1. The normalized spacial score (nSPS) is 11.2. The lowest BCUT2D eigenvalue weighted by Gasteiger charge is -2.14. The molecular weight excluding hydrogens is 346 g/mol. The van der Waals surface area contributed by atoms with E-state index < -0.39 is 0 Å². The van der Waals surface area contributed by atoms with E-state index in [1.807, 2.05) is 43.1 Å². The smallest absolute Gasteiger partial charge is 0.203 e. The summed E-state index contributed by atoms with van der Waals surface area (Å²) in [6, 6.07) is 3.81. The van der Waals surface area contributed by atoms with Gasteiger partial charge in [-0.1, -0.05) is 0 Å². The molecule has 0 aliphatic rings. The largest absolute Gasteiger partial charge is 0.493 e. The summed E-state index contributed by atoms with van der Waals surface area (Å²) in [7, 11) is 4.80. The Morgan fingerprint density at radius 2 is 1.81 bits per heavy atom. The van der Waals surface area contributed by atoms with E-state index in [1.54, 1.807) is 21.3 Å². The molecule has 0 atom stereocenters. The second-order valence-electron chi connectivity index (χ2n) is 5.94. The van der Waals surface area contributed by atoms with Crippen molar-refractivity contribution >= 4 is 5.96 Å². The Hall–Kier alpha value is -2.90. The van der Waals surface area contributed by atoms with Gasteiger partial charge >= 0.3 is 0 Å². The second kappa shape index (κ2) is 10.3. The zero-order valence-corrected chi connectivity index (χ0v) is 16.7. The van der Waals surface area contributed by atoms with Gasteiger partial charge in [-0.05, 0) is 37.1 Å². The molecule has 0 aliphatic heterocycles. The predicted molar refractivity (Wildman–Crippen MR) is 106 cm³/mol. The zero-order chi connectivity index (χ0) is 19.6. The molecule has 2 N–H and O–H groups in total. The molecule has 2 rings (SSSR count). The van der Waals surface area contributed by atoms with Crippen molar-refractivity contribution in [2.45, 2.75) is 26.9 Å². The Balaban J connectivity index is 2.04. The van der Waals surface area contributed by atoms with Gasteiger partial charge in [-0.2, -0.15) is 5.10 Å². The highest BCUT2D eigenvalue weighted by Gasteiger charge is 2.13. The van der Waals surface area contributed by atoms with E-state index in [2.05, 4.69) is 20.7 Å². The van der Waals surface area contributed by atoms with E-state index in [1.165, 1.54) is 0 Å². The minimum absolute atomic E-state index is 0.479. The van der Waals surface area contributed by atoms with Gasteiger partial charge in [0.25, 0.3) is 0 Å². The molecule has 27 heavy (non-hydrogen) atoms. The summed E-state index contributed by atoms with van der Waals surface area (Å²) in [6.07, 6.45) is 3.87. The standard InChI is InChI=1S/C19H29N5O3/c1-6-20-19(21-7-8-24-13-14(2)11-23-24)22-12-15-9-16(25-3)18(27-5)17(10-15)26-4/h9-11,13H,6-8,12H2,1-5H3,(H2,20,21,22). The van der Waals surface area contributed by atoms with E-state index in [9.17, 15) is 0 Å². The maximum absolute atomic E-state index is 5.40. The van der Waals surface area contributed by atoms with Crippen LogP contribution in [0.4, 0.5) is 0 Å². The van der Waals surface area contributed by atoms with Gasteiger partial charge in [0.05, 0.1) is 40.6 Å². The molecule has 1 aromatic heterocycles. The fourth-order valence-corrected chi connectivity index (χ4v) is 2.62. The van der Waals surface area contributed by atoms with Crippen molar-refractivity contribution in [3.8, 4) is 17.2 Å². The maximum Gasteiger partial charge on any atom is 0.203 e. The molecule has 0 aliphatic carbocycles. The molecule has 8 heteroatoms. The first-order chi connectivity index (χ1) is 13.1. The highest BCUT2D eigenvalue weighted by molar-refractivity contribution is 5.79. The van der Waals surface area contributed by atoms with Crippen LogP contribution < -0.4 is 24.8 Å². The van der Waals surface area contributed by atoms with E-state index >= 15 is 0 Å². The molecule has 0 bridgehead atoms. The first-order valence-electron chi connectivity index (χ1n) is 8.91. The summed E-state index contributed by atoms with van der Waals surface area (Å²) >= 11 is 0. The predicted octanol–water partition coefficient (Wildman–Crippen LogP) is 1.97. The van der Waals surface area contributed by atoms with Gasteiger partial charge in [0.1, 0.15) is 0 Å². The first-order valence-corrected chi connectivity index (χ1v) is 8.91. The third kappa shape index (κ3) is 5.80. The number of benzene rings is 1. The van der Waals surface area contributed by atoms with Crippen LogP contribution in [0.1, 0.15) is 18.1 Å². The molecule has 0 fully saturated rings. The number of aryl methyl sites for hydroxylation is 1. The van der Waals surface area contributed by atoms with Crippen molar-refractivity contribution in [1.82, 2.24) is 20.4 Å². The van der Waals surface area contributed by atoms with Crippen LogP contribution in [0.2, 0.25) is 0 Å². The van der Waals surface area contributed by atoms with Crippen LogP contribution in [0.5, 0.6) is 17.2 Å². The molecule has 0 radical (unpaired) electrons. The third-order valence-corrected chi connectivity index (χ3v) is 3.88. The Morgan fingerprint density at radius 1 is 1.11 bits per heavy atom. The number of aromatic nitrogens is 2. The molecule has 148 valence electrons. The Morgan fingerprint density at radius 3 is 2.33 bits per heavy atom. The lowest BCUT2D eigenvalue weighted by Crippen LogP contribution is -2.38. The number of hydrogen-bond acceptors (Lipinski definition) is 5. The monoisotopic (exact) mass is 375 g/mol. The maximum atomic E-state index is 5.40. The van der Waals surface area contributed by atoms with Crippen LogP contribution in [0, 0.1) is 6.92 Å². The minimum atomic E-state index is 0.479. The molecule has 0 saturated heterocycles. The summed E-state index contributed by atoms with van der Waals surface area (Å²) in [4.78, 5) is 4.64. The number of hydrogen-bond donors (Lipinski definition) is 2. The fourth-order valence-electron chi connectivity index (χ4n) is 2.62. The van der Waals surface area contributed by atoms with E-state index in [0.717, 1.165) is 36.7 Å². The van der Waals surface area contributed by atoms with Crippen LogP contribution in [0.25, 0.3) is 0 Å². The number of nitrogens with zero attached hydrogens (tertiary/aromatic N) is 3. The average Bonchev–Trinajstić information content (AvgIpc) is 3.10. The van der Waals surface area contributed by atoms with Gasteiger partial charge in [0, 0.05) is 19.3 Å².